The molecule has 2 nitrogen and oxygen atoms in total. The molecule has 2 N–H and O–H groups in total. The van der Waals surface area contributed by atoms with Crippen LogP contribution in [0.15, 0.2) is 0 Å². The minimum absolute atomic E-state index is 0.142. The summed E-state index contributed by atoms with van der Waals surface area (Å²) in [5.74, 6) is 5.21. The van der Waals surface area contributed by atoms with Gasteiger partial charge in [-0.15, -0.1) is 0 Å². The summed E-state index contributed by atoms with van der Waals surface area (Å²) >= 11 is 0. The van der Waals surface area contributed by atoms with Crippen molar-refractivity contribution in [2.45, 2.75) is 130 Å². The number of fused-ring (bicyclic) bond motifs is 5. The Hall–Kier alpha value is -0.0800. The van der Waals surface area contributed by atoms with Crippen molar-refractivity contribution in [3.63, 3.8) is 0 Å². The predicted molar refractivity (Wildman–Crippen MR) is 125 cm³/mol. The SMILES string of the molecule is CC[C@]1(O)CC[C@@]2(C)[C@@H](CC[C@@H]3[C@@H]2CC[C@]2(C)[C@@H]([C@H](C)CCC[C@@H](C)O)CC[C@@H]32)C1. The Morgan fingerprint density at radius 2 is 1.60 bits per heavy atom. The lowest BCUT2D eigenvalue weighted by Crippen LogP contribution is -2.56. The van der Waals surface area contributed by atoms with E-state index >= 15 is 0 Å². The standard InChI is InChI=1S/C28H50O2/c1-6-28(30)17-16-26(4)21(18-28)10-11-22-24-13-12-23(19(2)8-7-9-20(3)29)27(24,5)15-14-25(22)26/h19-25,29-30H,6-18H2,1-5H3/t19-,20-,21+,22+,23-,24+,25+,26+,27-,28+/m1/s1. The summed E-state index contributed by atoms with van der Waals surface area (Å²) in [5.41, 5.74) is 0.653. The van der Waals surface area contributed by atoms with Crippen LogP contribution in [0.4, 0.5) is 0 Å². The molecule has 0 aromatic rings. The number of rotatable bonds is 6. The van der Waals surface area contributed by atoms with Crippen LogP contribution in [0.3, 0.4) is 0 Å². The highest BCUT2D eigenvalue weighted by molar-refractivity contribution is 5.10. The van der Waals surface area contributed by atoms with Crippen molar-refractivity contribution in [1.29, 1.82) is 0 Å². The number of aliphatic hydroxyl groups is 2. The van der Waals surface area contributed by atoms with Crippen molar-refractivity contribution < 1.29 is 10.2 Å². The molecular weight excluding hydrogens is 368 g/mol. The molecule has 0 aliphatic heterocycles. The first-order valence-corrected chi connectivity index (χ1v) is 13.5. The van der Waals surface area contributed by atoms with Crippen LogP contribution in [-0.2, 0) is 0 Å². The lowest BCUT2D eigenvalue weighted by molar-refractivity contribution is -0.152. The molecule has 4 aliphatic carbocycles. The molecule has 0 saturated heterocycles. The maximum atomic E-state index is 11.0. The molecule has 0 aromatic heterocycles. The average molecular weight is 419 g/mol. The maximum absolute atomic E-state index is 11.0. The highest BCUT2D eigenvalue weighted by Gasteiger charge is 2.61. The summed E-state index contributed by atoms with van der Waals surface area (Å²) in [4.78, 5) is 0. The number of hydrogen-bond donors (Lipinski definition) is 2. The van der Waals surface area contributed by atoms with Gasteiger partial charge >= 0.3 is 0 Å². The first-order chi connectivity index (χ1) is 14.1. The van der Waals surface area contributed by atoms with Gasteiger partial charge in [0.2, 0.25) is 0 Å². The lowest BCUT2D eigenvalue weighted by Gasteiger charge is -2.62. The quantitative estimate of drug-likeness (QED) is 0.489. The first kappa shape index (κ1) is 23.1. The number of aliphatic hydroxyl groups excluding tert-OH is 1. The Bertz CT molecular complexity index is 601. The molecule has 0 amide bonds. The first-order valence-electron chi connectivity index (χ1n) is 13.5. The third kappa shape index (κ3) is 3.81. The maximum Gasteiger partial charge on any atom is 0.0648 e. The van der Waals surface area contributed by atoms with E-state index < -0.39 is 0 Å². The van der Waals surface area contributed by atoms with Gasteiger partial charge in [0.25, 0.3) is 0 Å². The largest absolute Gasteiger partial charge is 0.393 e. The van der Waals surface area contributed by atoms with Gasteiger partial charge < -0.3 is 10.2 Å². The topological polar surface area (TPSA) is 40.5 Å². The summed E-state index contributed by atoms with van der Waals surface area (Å²) in [5, 5.41) is 20.7. The zero-order chi connectivity index (χ0) is 21.7. The van der Waals surface area contributed by atoms with E-state index in [1.807, 2.05) is 6.92 Å². The van der Waals surface area contributed by atoms with Gasteiger partial charge in [0, 0.05) is 0 Å². The van der Waals surface area contributed by atoms with Crippen molar-refractivity contribution in [3.8, 4) is 0 Å². The van der Waals surface area contributed by atoms with E-state index in [9.17, 15) is 10.2 Å². The second-order valence-electron chi connectivity index (χ2n) is 12.9. The van der Waals surface area contributed by atoms with Gasteiger partial charge in [0.05, 0.1) is 11.7 Å². The zero-order valence-corrected chi connectivity index (χ0v) is 20.6. The fourth-order valence-electron chi connectivity index (χ4n) is 9.56. The van der Waals surface area contributed by atoms with E-state index in [-0.39, 0.29) is 11.7 Å². The van der Waals surface area contributed by atoms with Crippen LogP contribution in [0.2, 0.25) is 0 Å². The predicted octanol–water partition coefficient (Wildman–Crippen LogP) is 6.97. The Morgan fingerprint density at radius 1 is 0.867 bits per heavy atom. The van der Waals surface area contributed by atoms with Crippen LogP contribution in [0.5, 0.6) is 0 Å². The van der Waals surface area contributed by atoms with Gasteiger partial charge in [0.15, 0.2) is 0 Å². The van der Waals surface area contributed by atoms with Crippen molar-refractivity contribution >= 4 is 0 Å². The van der Waals surface area contributed by atoms with Gasteiger partial charge in [-0.3, -0.25) is 0 Å². The molecule has 0 aromatic carbocycles. The molecule has 30 heavy (non-hydrogen) atoms. The third-order valence-corrected chi connectivity index (χ3v) is 11.5. The molecule has 10 atom stereocenters. The summed E-state index contributed by atoms with van der Waals surface area (Å²) in [7, 11) is 0. The average Bonchev–Trinajstić information content (AvgIpc) is 3.05. The van der Waals surface area contributed by atoms with E-state index in [4.69, 9.17) is 0 Å². The van der Waals surface area contributed by atoms with Crippen LogP contribution in [0, 0.1) is 46.3 Å². The van der Waals surface area contributed by atoms with E-state index in [2.05, 4.69) is 27.7 Å². The normalized spacial score (nSPS) is 50.3. The molecule has 0 heterocycles. The van der Waals surface area contributed by atoms with Gasteiger partial charge in [-0.05, 0) is 124 Å². The van der Waals surface area contributed by atoms with Crippen LogP contribution in [0.1, 0.15) is 118 Å². The second kappa shape index (κ2) is 8.36. The summed E-state index contributed by atoms with van der Waals surface area (Å²) in [6.45, 7) is 11.9. The lowest BCUT2D eigenvalue weighted by atomic mass is 9.43. The molecular formula is C28H50O2. The second-order valence-corrected chi connectivity index (χ2v) is 12.9. The van der Waals surface area contributed by atoms with Crippen molar-refractivity contribution in [2.24, 2.45) is 46.3 Å². The minimum atomic E-state index is -0.375. The van der Waals surface area contributed by atoms with Crippen LogP contribution >= 0.6 is 0 Å². The highest BCUT2D eigenvalue weighted by atomic mass is 16.3. The molecule has 4 saturated carbocycles. The van der Waals surface area contributed by atoms with Gasteiger partial charge in [-0.25, -0.2) is 0 Å². The highest BCUT2D eigenvalue weighted by Crippen LogP contribution is 2.69. The van der Waals surface area contributed by atoms with E-state index in [0.717, 1.165) is 61.2 Å². The Morgan fingerprint density at radius 3 is 2.30 bits per heavy atom. The third-order valence-electron chi connectivity index (χ3n) is 11.5. The van der Waals surface area contributed by atoms with E-state index in [1.165, 1.54) is 57.8 Å². The molecule has 0 bridgehead atoms. The smallest absolute Gasteiger partial charge is 0.0648 e. The summed E-state index contributed by atoms with van der Waals surface area (Å²) < 4.78 is 0. The summed E-state index contributed by atoms with van der Waals surface area (Å²) in [6, 6.07) is 0. The molecule has 174 valence electrons. The summed E-state index contributed by atoms with van der Waals surface area (Å²) in [6.07, 6.45) is 16.1. The molecule has 4 rings (SSSR count). The molecule has 0 spiro atoms. The zero-order valence-electron chi connectivity index (χ0n) is 20.6. The molecule has 0 radical (unpaired) electrons. The Labute approximate surface area is 186 Å². The van der Waals surface area contributed by atoms with Gasteiger partial charge in [0.1, 0.15) is 0 Å². The Kier molecular flexibility index (Phi) is 6.44. The molecule has 0 unspecified atom stereocenters. The number of hydrogen-bond acceptors (Lipinski definition) is 2. The van der Waals surface area contributed by atoms with Gasteiger partial charge in [-0.1, -0.05) is 40.5 Å². The molecule has 2 heteroatoms. The van der Waals surface area contributed by atoms with Crippen LogP contribution in [-0.4, -0.2) is 21.9 Å². The fourth-order valence-corrected chi connectivity index (χ4v) is 9.56. The molecule has 4 aliphatic rings. The monoisotopic (exact) mass is 418 g/mol. The van der Waals surface area contributed by atoms with Crippen molar-refractivity contribution in [3.05, 3.63) is 0 Å². The van der Waals surface area contributed by atoms with Crippen LogP contribution < -0.4 is 0 Å². The van der Waals surface area contributed by atoms with Crippen molar-refractivity contribution in [2.75, 3.05) is 0 Å². The van der Waals surface area contributed by atoms with Crippen molar-refractivity contribution in [1.82, 2.24) is 0 Å². The fraction of sp³-hybridized carbons (Fsp3) is 1.00. The Balaban J connectivity index is 1.46. The van der Waals surface area contributed by atoms with E-state index in [1.54, 1.807) is 0 Å². The van der Waals surface area contributed by atoms with E-state index in [0.29, 0.717) is 10.8 Å². The van der Waals surface area contributed by atoms with Gasteiger partial charge in [-0.2, -0.15) is 0 Å². The molecule has 4 fully saturated rings. The minimum Gasteiger partial charge on any atom is -0.393 e. The van der Waals surface area contributed by atoms with Crippen LogP contribution in [0.25, 0.3) is 0 Å².